The van der Waals surface area contributed by atoms with E-state index in [4.69, 9.17) is 5.84 Å². The van der Waals surface area contributed by atoms with Crippen LogP contribution in [0.1, 0.15) is 33.1 Å². The minimum Gasteiger partial charge on any atom is -0.271 e. The Morgan fingerprint density at radius 1 is 1.31 bits per heavy atom. The summed E-state index contributed by atoms with van der Waals surface area (Å²) in [4.78, 5) is 0. The molecule has 1 unspecified atom stereocenters. The number of halogens is 3. The van der Waals surface area contributed by atoms with Crippen LogP contribution in [0.4, 0.5) is 13.2 Å². The summed E-state index contributed by atoms with van der Waals surface area (Å²) in [5, 5.41) is 0. The molecule has 1 atom stereocenters. The lowest BCUT2D eigenvalue weighted by molar-refractivity contribution is -0.136. The molecule has 0 aliphatic rings. The molecule has 0 aromatic rings. The highest BCUT2D eigenvalue weighted by Crippen LogP contribution is 2.23. The SMILES string of the molecule is CC(C)C(CCCC(F)(F)F)NN. The quantitative estimate of drug-likeness (QED) is 0.525. The number of rotatable bonds is 5. The van der Waals surface area contributed by atoms with Crippen LogP contribution in [0.2, 0.25) is 0 Å². The summed E-state index contributed by atoms with van der Waals surface area (Å²) < 4.78 is 35.3. The summed E-state index contributed by atoms with van der Waals surface area (Å²) >= 11 is 0. The van der Waals surface area contributed by atoms with Crippen LogP contribution in [0, 0.1) is 5.92 Å². The number of hydrazine groups is 1. The zero-order chi connectivity index (χ0) is 10.5. The van der Waals surface area contributed by atoms with Crippen LogP contribution in [-0.4, -0.2) is 12.2 Å². The van der Waals surface area contributed by atoms with Crippen molar-refractivity contribution < 1.29 is 13.2 Å². The van der Waals surface area contributed by atoms with E-state index in [1.807, 2.05) is 13.8 Å². The molecular weight excluding hydrogens is 181 g/mol. The van der Waals surface area contributed by atoms with Gasteiger partial charge in [0.1, 0.15) is 0 Å². The molecule has 0 aromatic heterocycles. The van der Waals surface area contributed by atoms with Crippen molar-refractivity contribution in [1.29, 1.82) is 0 Å². The van der Waals surface area contributed by atoms with E-state index in [1.54, 1.807) is 0 Å². The van der Waals surface area contributed by atoms with Gasteiger partial charge in [0.15, 0.2) is 0 Å². The second-order valence-corrected chi connectivity index (χ2v) is 3.52. The van der Waals surface area contributed by atoms with Gasteiger partial charge in [0.25, 0.3) is 0 Å². The van der Waals surface area contributed by atoms with E-state index in [0.29, 0.717) is 6.42 Å². The Balaban J connectivity index is 3.62. The molecule has 5 heteroatoms. The van der Waals surface area contributed by atoms with E-state index in [2.05, 4.69) is 5.43 Å². The van der Waals surface area contributed by atoms with Gasteiger partial charge < -0.3 is 0 Å². The number of nitrogens with one attached hydrogen (secondary N) is 1. The molecule has 0 aliphatic heterocycles. The average Bonchev–Trinajstić information content (AvgIpc) is 1.95. The van der Waals surface area contributed by atoms with Crippen molar-refractivity contribution in [2.24, 2.45) is 11.8 Å². The molecule has 0 saturated heterocycles. The molecule has 0 amide bonds. The fourth-order valence-corrected chi connectivity index (χ4v) is 1.13. The highest BCUT2D eigenvalue weighted by molar-refractivity contribution is 4.68. The van der Waals surface area contributed by atoms with Crippen molar-refractivity contribution in [2.75, 3.05) is 0 Å². The number of alkyl halides is 3. The largest absolute Gasteiger partial charge is 0.389 e. The highest BCUT2D eigenvalue weighted by Gasteiger charge is 2.26. The van der Waals surface area contributed by atoms with Gasteiger partial charge in [-0.1, -0.05) is 13.8 Å². The lowest BCUT2D eigenvalue weighted by Gasteiger charge is -2.19. The van der Waals surface area contributed by atoms with Crippen molar-refractivity contribution in [3.63, 3.8) is 0 Å². The third kappa shape index (κ3) is 6.83. The van der Waals surface area contributed by atoms with E-state index < -0.39 is 12.6 Å². The van der Waals surface area contributed by atoms with Crippen molar-refractivity contribution in [1.82, 2.24) is 5.43 Å². The van der Waals surface area contributed by atoms with Crippen molar-refractivity contribution >= 4 is 0 Å². The molecule has 0 aromatic carbocycles. The summed E-state index contributed by atoms with van der Waals surface area (Å²) in [6.45, 7) is 3.86. The van der Waals surface area contributed by atoms with Gasteiger partial charge in [-0.3, -0.25) is 11.3 Å². The Morgan fingerprint density at radius 3 is 2.15 bits per heavy atom. The van der Waals surface area contributed by atoms with Crippen LogP contribution in [0.25, 0.3) is 0 Å². The normalized spacial score (nSPS) is 15.0. The molecule has 0 radical (unpaired) electrons. The molecular formula is C8H17F3N2. The van der Waals surface area contributed by atoms with E-state index in [9.17, 15) is 13.2 Å². The molecule has 2 nitrogen and oxygen atoms in total. The highest BCUT2D eigenvalue weighted by atomic mass is 19.4. The number of nitrogens with two attached hydrogens (primary N) is 1. The fourth-order valence-electron chi connectivity index (χ4n) is 1.13. The van der Waals surface area contributed by atoms with E-state index in [1.165, 1.54) is 0 Å². The Bertz CT molecular complexity index is 134. The van der Waals surface area contributed by atoms with Gasteiger partial charge in [-0.25, -0.2) is 0 Å². The van der Waals surface area contributed by atoms with Crippen LogP contribution in [-0.2, 0) is 0 Å². The van der Waals surface area contributed by atoms with Crippen LogP contribution in [0.15, 0.2) is 0 Å². The summed E-state index contributed by atoms with van der Waals surface area (Å²) in [7, 11) is 0. The summed E-state index contributed by atoms with van der Waals surface area (Å²) in [6, 6.07) is -0.0256. The standard InChI is InChI=1S/C8H17F3N2/c1-6(2)7(13-12)4-3-5-8(9,10)11/h6-7,13H,3-5,12H2,1-2H3. The van der Waals surface area contributed by atoms with E-state index in [0.717, 1.165) is 0 Å². The second-order valence-electron chi connectivity index (χ2n) is 3.52. The predicted octanol–water partition coefficient (Wildman–Crippen LogP) is 2.21. The first kappa shape index (κ1) is 12.7. The third-order valence-electron chi connectivity index (χ3n) is 1.99. The van der Waals surface area contributed by atoms with E-state index >= 15 is 0 Å². The van der Waals surface area contributed by atoms with Crippen LogP contribution in [0.5, 0.6) is 0 Å². The summed E-state index contributed by atoms with van der Waals surface area (Å²) in [6.07, 6.45) is -4.17. The van der Waals surface area contributed by atoms with E-state index in [-0.39, 0.29) is 18.4 Å². The van der Waals surface area contributed by atoms with Crippen LogP contribution >= 0.6 is 0 Å². The summed E-state index contributed by atoms with van der Waals surface area (Å²) in [5.74, 6) is 5.45. The Labute approximate surface area is 76.7 Å². The molecule has 0 fully saturated rings. The number of hydrogen-bond donors (Lipinski definition) is 2. The van der Waals surface area contributed by atoms with Crippen molar-refractivity contribution in [3.8, 4) is 0 Å². The lowest BCUT2D eigenvalue weighted by Crippen LogP contribution is -2.39. The van der Waals surface area contributed by atoms with Gasteiger partial charge in [0.05, 0.1) is 0 Å². The first-order valence-corrected chi connectivity index (χ1v) is 4.39. The second kappa shape index (κ2) is 5.44. The summed E-state index contributed by atoms with van der Waals surface area (Å²) in [5.41, 5.74) is 2.52. The number of hydrogen-bond acceptors (Lipinski definition) is 2. The first-order valence-electron chi connectivity index (χ1n) is 4.39. The molecule has 0 rings (SSSR count). The molecule has 0 saturated carbocycles. The molecule has 3 N–H and O–H groups in total. The van der Waals surface area contributed by atoms with Gasteiger partial charge >= 0.3 is 6.18 Å². The van der Waals surface area contributed by atoms with Gasteiger partial charge in [0.2, 0.25) is 0 Å². The van der Waals surface area contributed by atoms with Crippen LogP contribution in [0.3, 0.4) is 0 Å². The van der Waals surface area contributed by atoms with Crippen molar-refractivity contribution in [3.05, 3.63) is 0 Å². The molecule has 0 aliphatic carbocycles. The topological polar surface area (TPSA) is 38.0 Å². The van der Waals surface area contributed by atoms with Gasteiger partial charge in [-0.05, 0) is 18.8 Å². The van der Waals surface area contributed by atoms with Crippen molar-refractivity contribution in [2.45, 2.75) is 45.3 Å². The average molecular weight is 198 g/mol. The maximum atomic E-state index is 11.8. The monoisotopic (exact) mass is 198 g/mol. The minimum atomic E-state index is -4.05. The first-order chi connectivity index (χ1) is 5.87. The Morgan fingerprint density at radius 2 is 1.85 bits per heavy atom. The molecule has 80 valence electrons. The molecule has 0 bridgehead atoms. The Kier molecular flexibility index (Phi) is 5.32. The molecule has 0 spiro atoms. The van der Waals surface area contributed by atoms with Gasteiger partial charge in [-0.15, -0.1) is 0 Å². The predicted molar refractivity (Wildman–Crippen MR) is 45.9 cm³/mol. The minimum absolute atomic E-state index is 0.0256. The Hall–Kier alpha value is -0.290. The molecule has 0 heterocycles. The maximum absolute atomic E-state index is 11.8. The maximum Gasteiger partial charge on any atom is 0.389 e. The third-order valence-corrected chi connectivity index (χ3v) is 1.99. The van der Waals surface area contributed by atoms with Gasteiger partial charge in [0, 0.05) is 12.5 Å². The lowest BCUT2D eigenvalue weighted by atomic mass is 9.99. The van der Waals surface area contributed by atoms with Gasteiger partial charge in [-0.2, -0.15) is 13.2 Å². The smallest absolute Gasteiger partial charge is 0.271 e. The zero-order valence-corrected chi connectivity index (χ0v) is 7.99. The fraction of sp³-hybridized carbons (Fsp3) is 1.00. The van der Waals surface area contributed by atoms with Crippen LogP contribution < -0.4 is 11.3 Å². The molecule has 13 heavy (non-hydrogen) atoms. The zero-order valence-electron chi connectivity index (χ0n) is 7.99.